The number of carbonyl (C=O) groups excluding carboxylic acids is 2. The molecule has 2 amide bonds. The lowest BCUT2D eigenvalue weighted by Crippen LogP contribution is -2.23. The number of hydrogen-bond acceptors (Lipinski definition) is 17. The first-order valence-corrected chi connectivity index (χ1v) is 25.1. The molecule has 0 aromatic carbocycles. The van der Waals surface area contributed by atoms with Crippen molar-refractivity contribution in [2.24, 2.45) is 0 Å². The highest BCUT2D eigenvalue weighted by atomic mass is 32.2. The molecular weight excluding hydrogens is 917 g/mol. The van der Waals surface area contributed by atoms with Crippen LogP contribution >= 0.6 is 22.7 Å². The van der Waals surface area contributed by atoms with Crippen LogP contribution in [0.1, 0.15) is 60.2 Å². The molecule has 336 valence electrons. The predicted molar refractivity (Wildman–Crippen MR) is 243 cm³/mol. The zero-order valence-electron chi connectivity index (χ0n) is 34.4. The summed E-state index contributed by atoms with van der Waals surface area (Å²) in [5.41, 5.74) is 3.69. The monoisotopic (exact) mass is 956 g/mol. The molecule has 65 heavy (non-hydrogen) atoms. The number of thiazole rings is 2. The minimum Gasteiger partial charge on any atom is -0.493 e. The Bertz CT molecular complexity index is 3110. The van der Waals surface area contributed by atoms with E-state index >= 15 is 0 Å². The quantitative estimate of drug-likeness (QED) is 0.0754. The van der Waals surface area contributed by atoms with Crippen LogP contribution in [-0.4, -0.2) is 91.4 Å². The number of nitrogens with one attached hydrogen (secondary N) is 4. The van der Waals surface area contributed by atoms with Crippen molar-refractivity contribution in [1.82, 2.24) is 44.8 Å². The van der Waals surface area contributed by atoms with Crippen molar-refractivity contribution >= 4 is 76.6 Å². The Labute approximate surface area is 380 Å². The van der Waals surface area contributed by atoms with Crippen molar-refractivity contribution in [3.63, 3.8) is 0 Å². The van der Waals surface area contributed by atoms with Gasteiger partial charge in [-0.15, -0.1) is 11.3 Å². The van der Waals surface area contributed by atoms with Crippen molar-refractivity contribution in [2.75, 3.05) is 21.4 Å². The van der Waals surface area contributed by atoms with Crippen LogP contribution in [0.4, 0.5) is 16.5 Å². The van der Waals surface area contributed by atoms with E-state index in [-0.39, 0.29) is 40.5 Å². The number of hydrogen-bond donors (Lipinski definition) is 4. The molecular formula is C41H40N12O8S4. The Morgan fingerprint density at radius 3 is 2.28 bits per heavy atom. The molecule has 0 radical (unpaired) electrons. The second kappa shape index (κ2) is 18.5. The summed E-state index contributed by atoms with van der Waals surface area (Å²) < 4.78 is 68.3. The van der Waals surface area contributed by atoms with E-state index in [4.69, 9.17) is 9.47 Å². The number of anilines is 3. The van der Waals surface area contributed by atoms with Gasteiger partial charge in [0.15, 0.2) is 10.1 Å². The predicted octanol–water partition coefficient (Wildman–Crippen LogP) is 5.32. The molecule has 7 aromatic rings. The van der Waals surface area contributed by atoms with Gasteiger partial charge < -0.3 is 20.1 Å². The molecule has 2 aliphatic carbocycles. The van der Waals surface area contributed by atoms with Gasteiger partial charge in [-0.2, -0.15) is 5.10 Å². The lowest BCUT2D eigenvalue weighted by atomic mass is 10.2. The topological polar surface area (TPSA) is 264 Å². The van der Waals surface area contributed by atoms with Crippen molar-refractivity contribution in [1.29, 1.82) is 0 Å². The van der Waals surface area contributed by atoms with E-state index in [1.54, 1.807) is 65.8 Å². The zero-order chi connectivity index (χ0) is 45.1. The lowest BCUT2D eigenvalue weighted by Gasteiger charge is -2.14. The van der Waals surface area contributed by atoms with Gasteiger partial charge in [-0.3, -0.25) is 34.0 Å². The molecule has 20 nitrogen and oxygen atoms in total. The minimum atomic E-state index is -3.44. The maximum absolute atomic E-state index is 13.0. The number of fused-ring (bicyclic) bond motifs is 1. The van der Waals surface area contributed by atoms with Crippen LogP contribution in [-0.2, 0) is 37.8 Å². The molecule has 2 aliphatic rings. The number of carbonyl (C=O) groups is 2. The Morgan fingerprint density at radius 2 is 1.54 bits per heavy atom. The zero-order valence-corrected chi connectivity index (χ0v) is 37.7. The molecule has 0 bridgehead atoms. The van der Waals surface area contributed by atoms with Gasteiger partial charge in [0, 0.05) is 49.0 Å². The number of ether oxygens (including phenoxy) is 2. The van der Waals surface area contributed by atoms with Gasteiger partial charge in [-0.1, -0.05) is 11.3 Å². The Hall–Kier alpha value is -6.63. The van der Waals surface area contributed by atoms with E-state index in [0.717, 1.165) is 16.0 Å². The number of sulfonamides is 2. The normalized spacial score (nSPS) is 14.4. The van der Waals surface area contributed by atoms with Crippen LogP contribution in [0.3, 0.4) is 0 Å². The summed E-state index contributed by atoms with van der Waals surface area (Å²) in [6.07, 6.45) is 15.5. The fraction of sp³-hybridized carbons (Fsp3) is 0.293. The van der Waals surface area contributed by atoms with E-state index < -0.39 is 26.0 Å². The minimum absolute atomic E-state index is 0.0800. The highest BCUT2D eigenvalue weighted by molar-refractivity contribution is 7.93. The lowest BCUT2D eigenvalue weighted by molar-refractivity contribution is -0.115. The Balaban J connectivity index is 0.745. The summed E-state index contributed by atoms with van der Waals surface area (Å²) >= 11 is 2.42. The van der Waals surface area contributed by atoms with Gasteiger partial charge in [0.1, 0.15) is 17.5 Å². The summed E-state index contributed by atoms with van der Waals surface area (Å²) in [4.78, 5) is 53.2. The second-order valence-corrected chi connectivity index (χ2v) is 21.3. The molecule has 0 aliphatic heterocycles. The maximum atomic E-state index is 13.0. The molecule has 4 N–H and O–H groups in total. The molecule has 9 rings (SSSR count). The van der Waals surface area contributed by atoms with Crippen molar-refractivity contribution < 1.29 is 35.9 Å². The third-order valence-electron chi connectivity index (χ3n) is 10.0. The fourth-order valence-corrected chi connectivity index (χ4v) is 10.8. The van der Waals surface area contributed by atoms with Gasteiger partial charge >= 0.3 is 0 Å². The number of pyridine rings is 3. The summed E-state index contributed by atoms with van der Waals surface area (Å²) in [7, 11) is -6.86. The van der Waals surface area contributed by atoms with Gasteiger partial charge in [0.2, 0.25) is 31.8 Å². The van der Waals surface area contributed by atoms with Crippen LogP contribution < -0.4 is 29.6 Å². The van der Waals surface area contributed by atoms with Crippen LogP contribution in [0, 0.1) is 0 Å². The Kier molecular flexibility index (Phi) is 12.4. The molecule has 1 atom stereocenters. The summed E-state index contributed by atoms with van der Waals surface area (Å²) in [5.74, 6) is 0.156. The first-order chi connectivity index (χ1) is 31.3. The summed E-state index contributed by atoms with van der Waals surface area (Å²) in [6, 6.07) is 9.92. The number of aromatic nitrogens is 8. The van der Waals surface area contributed by atoms with Crippen LogP contribution in [0.25, 0.3) is 26.5 Å². The van der Waals surface area contributed by atoms with Crippen molar-refractivity contribution in [2.45, 2.75) is 68.6 Å². The first-order valence-electron chi connectivity index (χ1n) is 20.4. The smallest absolute Gasteiger partial charge is 0.280 e. The Morgan fingerprint density at radius 1 is 0.831 bits per heavy atom. The van der Waals surface area contributed by atoms with Crippen LogP contribution in [0.15, 0.2) is 86.0 Å². The molecule has 0 saturated heterocycles. The average Bonchev–Trinajstić information content (AvgIpc) is 4.19. The summed E-state index contributed by atoms with van der Waals surface area (Å²) in [6.45, 7) is 2.31. The molecule has 24 heteroatoms. The number of amides is 2. The number of nitrogens with zero attached hydrogens (tertiary/aromatic N) is 8. The molecule has 7 aromatic heterocycles. The molecule has 2 fully saturated rings. The van der Waals surface area contributed by atoms with Crippen molar-refractivity contribution in [3.8, 4) is 32.6 Å². The van der Waals surface area contributed by atoms with E-state index in [1.165, 1.54) is 41.3 Å². The second-order valence-electron chi connectivity index (χ2n) is 15.3. The van der Waals surface area contributed by atoms with Gasteiger partial charge in [0.25, 0.3) is 5.91 Å². The van der Waals surface area contributed by atoms with Gasteiger partial charge in [0.05, 0.1) is 86.7 Å². The van der Waals surface area contributed by atoms with Crippen LogP contribution in [0.5, 0.6) is 11.6 Å². The van der Waals surface area contributed by atoms with E-state index in [0.29, 0.717) is 88.8 Å². The fourth-order valence-electron chi connectivity index (χ4n) is 6.43. The third kappa shape index (κ3) is 11.0. The molecule has 7 heterocycles. The van der Waals surface area contributed by atoms with Crippen LogP contribution in [0.2, 0.25) is 0 Å². The third-order valence-corrected chi connectivity index (χ3v) is 15.7. The maximum Gasteiger partial charge on any atom is 0.280 e. The average molecular weight is 957 g/mol. The highest BCUT2D eigenvalue weighted by Gasteiger charge is 2.36. The number of rotatable bonds is 20. The van der Waals surface area contributed by atoms with Gasteiger partial charge in [-0.05, 0) is 62.9 Å². The largest absolute Gasteiger partial charge is 0.493 e. The summed E-state index contributed by atoms with van der Waals surface area (Å²) in [5, 5.41) is 9.88. The first kappa shape index (κ1) is 43.6. The van der Waals surface area contributed by atoms with Crippen molar-refractivity contribution in [3.05, 3.63) is 102 Å². The molecule has 2 saturated carbocycles. The SMILES string of the molecule is CC(CCOc1ccn2ncc(-c3cnc(C(=O)NCc4cc(NS(=O)(=O)C5CC5)ccn4)s3)c2c1)Oc1cncc(-c2cnc(NC(=O)Cc3cc(NS(=O)(=O)C4CC4)ccn3)s2)n1. The van der Waals surface area contributed by atoms with E-state index in [1.807, 2.05) is 13.0 Å². The highest BCUT2D eigenvalue weighted by Crippen LogP contribution is 2.33. The van der Waals surface area contributed by atoms with E-state index in [2.05, 4.69) is 55.1 Å². The molecule has 1 unspecified atom stereocenters. The standard InChI is InChI=1S/C41H40N12O8S4/c1-24(61-38-23-42-20-33(49-38)36-22-47-41(63-36)50-37(54)16-27-14-25(6-10-43-27)51-64(56,57)30-2-3-30)9-13-60-29-8-12-53-34(17-29)32(19-48-53)35-21-46-40(62-35)39(55)45-18-28-15-26(7-11-44-28)52-65(58,59)31-4-5-31/h6-8,10-12,14-15,17,19-24,30-31H,2-5,9,13,16,18H2,1H3,(H,43,51)(H,44,52)(H,45,55)(H,47,50,54). The van der Waals surface area contributed by atoms with E-state index in [9.17, 15) is 26.4 Å². The van der Waals surface area contributed by atoms with Gasteiger partial charge in [-0.25, -0.2) is 36.3 Å². The molecule has 0 spiro atoms.